The summed E-state index contributed by atoms with van der Waals surface area (Å²) in [5, 5.41) is 12.0. The molecule has 8 aromatic rings. The van der Waals surface area contributed by atoms with Crippen molar-refractivity contribution < 1.29 is 28.7 Å². The second-order valence-electron chi connectivity index (χ2n) is 16.5. The van der Waals surface area contributed by atoms with Crippen molar-refractivity contribution in [3.63, 3.8) is 0 Å². The Labute approximate surface area is 415 Å². The van der Waals surface area contributed by atoms with E-state index in [4.69, 9.17) is 9.47 Å². The monoisotopic (exact) mass is 943 g/mol. The SMILES string of the molecule is COc1ccc(CC(=O)NCc2ccccc2-c2ccccc2C(=O)NCCc2ccccn2)cc1.COc1ccc(CC(=O)NCc2ccccc2-c2ccccc2C(=O)NCc2ccccc2)cc1. The lowest BCUT2D eigenvalue weighted by atomic mass is 9.94. The third-order valence-corrected chi connectivity index (χ3v) is 11.6. The number of nitrogens with one attached hydrogen (secondary N) is 4. The Hall–Kier alpha value is -8.83. The van der Waals surface area contributed by atoms with Gasteiger partial charge >= 0.3 is 0 Å². The minimum atomic E-state index is -0.139. The third-order valence-electron chi connectivity index (χ3n) is 11.6. The molecule has 0 saturated carbocycles. The molecule has 0 radical (unpaired) electrons. The lowest BCUT2D eigenvalue weighted by molar-refractivity contribution is -0.121. The molecular formula is C60H57N5O6. The molecular weight excluding hydrogens is 887 g/mol. The summed E-state index contributed by atoms with van der Waals surface area (Å²) >= 11 is 0. The molecule has 0 atom stereocenters. The van der Waals surface area contributed by atoms with Gasteiger partial charge in [0.25, 0.3) is 11.8 Å². The Kier molecular flexibility index (Phi) is 18.4. The van der Waals surface area contributed by atoms with Crippen molar-refractivity contribution in [3.05, 3.63) is 245 Å². The van der Waals surface area contributed by atoms with Crippen molar-refractivity contribution in [1.82, 2.24) is 26.3 Å². The molecule has 0 saturated heterocycles. The fraction of sp³-hybridized carbons (Fsp3) is 0.150. The summed E-state index contributed by atoms with van der Waals surface area (Å²) in [7, 11) is 3.23. The summed E-state index contributed by atoms with van der Waals surface area (Å²) in [4.78, 5) is 55.6. The summed E-state index contributed by atoms with van der Waals surface area (Å²) < 4.78 is 10.3. The van der Waals surface area contributed by atoms with E-state index in [1.54, 1.807) is 20.4 Å². The van der Waals surface area contributed by atoms with E-state index in [0.717, 1.165) is 67.3 Å². The molecule has 1 heterocycles. The van der Waals surface area contributed by atoms with Crippen LogP contribution in [0.15, 0.2) is 200 Å². The third kappa shape index (κ3) is 14.8. The maximum absolute atomic E-state index is 13.0. The number of aromatic nitrogens is 1. The highest BCUT2D eigenvalue weighted by atomic mass is 16.5. The van der Waals surface area contributed by atoms with Crippen LogP contribution in [0, 0.1) is 0 Å². The first-order valence-corrected chi connectivity index (χ1v) is 23.4. The number of benzene rings is 7. The Morgan fingerprint density at radius 2 is 0.845 bits per heavy atom. The van der Waals surface area contributed by atoms with Crippen LogP contribution in [0.1, 0.15) is 54.2 Å². The van der Waals surface area contributed by atoms with Gasteiger partial charge in [0, 0.05) is 55.6 Å². The molecule has 0 aliphatic heterocycles. The first-order chi connectivity index (χ1) is 34.8. The molecule has 4 N–H and O–H groups in total. The topological polar surface area (TPSA) is 148 Å². The highest BCUT2D eigenvalue weighted by molar-refractivity contribution is 6.02. The Balaban J connectivity index is 0.000000209. The number of rotatable bonds is 19. The van der Waals surface area contributed by atoms with Crippen LogP contribution in [-0.4, -0.2) is 49.4 Å². The summed E-state index contributed by atoms with van der Waals surface area (Å²) in [6.45, 7) is 1.68. The molecule has 358 valence electrons. The van der Waals surface area contributed by atoms with E-state index in [-0.39, 0.29) is 36.5 Å². The van der Waals surface area contributed by atoms with Gasteiger partial charge in [-0.25, -0.2) is 0 Å². The van der Waals surface area contributed by atoms with Crippen LogP contribution >= 0.6 is 0 Å². The second kappa shape index (κ2) is 26.1. The summed E-state index contributed by atoms with van der Waals surface area (Å²) in [6, 6.07) is 61.2. The number of amides is 4. The van der Waals surface area contributed by atoms with Gasteiger partial charge in [-0.1, -0.05) is 146 Å². The first kappa shape index (κ1) is 50.1. The van der Waals surface area contributed by atoms with Crippen molar-refractivity contribution in [2.45, 2.75) is 38.9 Å². The number of carbonyl (C=O) groups is 4. The summed E-state index contributed by atoms with van der Waals surface area (Å²) in [6.07, 6.45) is 2.97. The van der Waals surface area contributed by atoms with Crippen LogP contribution in [0.3, 0.4) is 0 Å². The zero-order chi connectivity index (χ0) is 49.6. The number of pyridine rings is 1. The lowest BCUT2D eigenvalue weighted by Gasteiger charge is -2.15. The van der Waals surface area contributed by atoms with E-state index in [9.17, 15) is 19.2 Å². The van der Waals surface area contributed by atoms with Crippen molar-refractivity contribution >= 4 is 23.6 Å². The molecule has 0 aliphatic carbocycles. The van der Waals surface area contributed by atoms with Crippen LogP contribution in [0.25, 0.3) is 22.3 Å². The van der Waals surface area contributed by atoms with Gasteiger partial charge in [0.1, 0.15) is 11.5 Å². The van der Waals surface area contributed by atoms with Gasteiger partial charge in [0.2, 0.25) is 11.8 Å². The zero-order valence-corrected chi connectivity index (χ0v) is 39.9. The molecule has 4 amide bonds. The van der Waals surface area contributed by atoms with E-state index in [0.29, 0.717) is 43.7 Å². The quantitative estimate of drug-likeness (QED) is 0.0631. The molecule has 0 unspecified atom stereocenters. The van der Waals surface area contributed by atoms with Gasteiger partial charge in [-0.2, -0.15) is 0 Å². The van der Waals surface area contributed by atoms with Crippen molar-refractivity contribution in [2.24, 2.45) is 0 Å². The van der Waals surface area contributed by atoms with E-state index in [2.05, 4.69) is 26.3 Å². The largest absolute Gasteiger partial charge is 0.497 e. The summed E-state index contributed by atoms with van der Waals surface area (Å²) in [5.41, 5.74) is 10.4. The molecule has 7 aromatic carbocycles. The molecule has 11 heteroatoms. The van der Waals surface area contributed by atoms with Crippen LogP contribution in [0.2, 0.25) is 0 Å². The number of hydrogen-bond donors (Lipinski definition) is 4. The maximum Gasteiger partial charge on any atom is 0.252 e. The minimum absolute atomic E-state index is 0.0705. The molecule has 0 fully saturated rings. The Morgan fingerprint density at radius 1 is 0.408 bits per heavy atom. The average molecular weight is 944 g/mol. The van der Waals surface area contributed by atoms with Gasteiger partial charge in [0.05, 0.1) is 27.1 Å². The van der Waals surface area contributed by atoms with Crippen molar-refractivity contribution in [3.8, 4) is 33.8 Å². The van der Waals surface area contributed by atoms with Crippen molar-refractivity contribution in [1.29, 1.82) is 0 Å². The number of carbonyl (C=O) groups excluding carboxylic acids is 4. The van der Waals surface area contributed by atoms with E-state index < -0.39 is 0 Å². The normalized spacial score (nSPS) is 10.5. The highest BCUT2D eigenvalue weighted by Crippen LogP contribution is 2.29. The Morgan fingerprint density at radius 3 is 1.32 bits per heavy atom. The average Bonchev–Trinajstić information content (AvgIpc) is 3.42. The molecule has 71 heavy (non-hydrogen) atoms. The second-order valence-corrected chi connectivity index (χ2v) is 16.5. The molecule has 0 aliphatic rings. The molecule has 11 nitrogen and oxygen atoms in total. The fourth-order valence-electron chi connectivity index (χ4n) is 7.90. The lowest BCUT2D eigenvalue weighted by Crippen LogP contribution is -2.27. The van der Waals surface area contributed by atoms with E-state index >= 15 is 0 Å². The molecule has 1 aromatic heterocycles. The van der Waals surface area contributed by atoms with Crippen LogP contribution in [0.5, 0.6) is 11.5 Å². The highest BCUT2D eigenvalue weighted by Gasteiger charge is 2.17. The number of methoxy groups -OCH3 is 2. The number of hydrogen-bond acceptors (Lipinski definition) is 7. The smallest absolute Gasteiger partial charge is 0.252 e. The van der Waals surface area contributed by atoms with E-state index in [1.807, 2.05) is 194 Å². The van der Waals surface area contributed by atoms with Gasteiger partial charge in [-0.3, -0.25) is 24.2 Å². The van der Waals surface area contributed by atoms with Crippen LogP contribution in [-0.2, 0) is 48.5 Å². The Bertz CT molecular complexity index is 3000. The predicted molar refractivity (Wildman–Crippen MR) is 279 cm³/mol. The minimum Gasteiger partial charge on any atom is -0.497 e. The van der Waals surface area contributed by atoms with Crippen LogP contribution in [0.4, 0.5) is 0 Å². The van der Waals surface area contributed by atoms with Gasteiger partial charge in [-0.15, -0.1) is 0 Å². The number of nitrogens with zero attached hydrogens (tertiary/aromatic N) is 1. The van der Waals surface area contributed by atoms with Gasteiger partial charge < -0.3 is 30.7 Å². The zero-order valence-electron chi connectivity index (χ0n) is 39.9. The maximum atomic E-state index is 13.0. The number of ether oxygens (including phenoxy) is 2. The van der Waals surface area contributed by atoms with E-state index in [1.165, 1.54) is 0 Å². The predicted octanol–water partition coefficient (Wildman–Crippen LogP) is 9.74. The fourth-order valence-corrected chi connectivity index (χ4v) is 7.90. The molecule has 0 spiro atoms. The van der Waals surface area contributed by atoms with Gasteiger partial charge in [0.15, 0.2) is 0 Å². The van der Waals surface area contributed by atoms with Gasteiger partial charge in [-0.05, 0) is 98.6 Å². The van der Waals surface area contributed by atoms with Crippen LogP contribution < -0.4 is 30.7 Å². The first-order valence-electron chi connectivity index (χ1n) is 23.4. The molecule has 8 rings (SSSR count). The summed E-state index contributed by atoms with van der Waals surface area (Å²) in [5.74, 6) is 1.10. The molecule has 0 bridgehead atoms. The standard InChI is InChI=1S/C30H29N3O3.C30H28N2O3/c1-36-25-15-13-22(14-16-25)20-29(34)33-21-23-8-2-3-10-26(23)27-11-4-5-12-28(27)30(35)32-19-17-24-9-6-7-18-31-24;1-35-25-17-15-22(16-18-25)19-29(33)31-21-24-11-5-6-12-26(24)27-13-7-8-14-28(27)30(34)32-20-23-9-3-2-4-10-23/h2-16,18H,17,19-21H2,1H3,(H,32,35)(H,33,34);2-18H,19-21H2,1H3,(H,31,33)(H,32,34). The van der Waals surface area contributed by atoms with Crippen molar-refractivity contribution in [2.75, 3.05) is 20.8 Å².